The monoisotopic (exact) mass is 292 g/mol. The second-order valence-electron chi connectivity index (χ2n) is 5.34. The minimum Gasteiger partial charge on any atom is -0.277 e. The molecule has 0 bridgehead atoms. The average Bonchev–Trinajstić information content (AvgIpc) is 2.43. The Hall–Kier alpha value is -1.91. The summed E-state index contributed by atoms with van der Waals surface area (Å²) >= 11 is 0. The smallest absolute Gasteiger partial charge is 0.277 e. The summed E-state index contributed by atoms with van der Waals surface area (Å²) < 4.78 is 0. The number of imide groups is 2. The van der Waals surface area contributed by atoms with Gasteiger partial charge in [0, 0.05) is 0 Å². The second-order valence-corrected chi connectivity index (χ2v) is 5.34. The molecule has 0 radical (unpaired) electrons. The molecule has 1 aliphatic heterocycles. The van der Waals surface area contributed by atoms with E-state index in [4.69, 9.17) is 0 Å². The molecule has 0 aromatic carbocycles. The summed E-state index contributed by atoms with van der Waals surface area (Å²) in [5, 5.41) is 4.33. The lowest BCUT2D eigenvalue weighted by Gasteiger charge is -2.32. The molecule has 1 fully saturated rings. The molecule has 1 saturated heterocycles. The molecule has 1 heterocycles. The molecule has 0 atom stereocenters. The van der Waals surface area contributed by atoms with E-state index in [9.17, 15) is 14.4 Å². The molecule has 0 saturated carbocycles. The summed E-state index contributed by atoms with van der Waals surface area (Å²) in [6, 6.07) is -0.756. The molecule has 2 N–H and O–H groups in total. The fourth-order valence-corrected chi connectivity index (χ4v) is 2.37. The van der Waals surface area contributed by atoms with E-state index in [1.807, 2.05) is 12.2 Å². The fourth-order valence-electron chi connectivity index (χ4n) is 2.37. The van der Waals surface area contributed by atoms with Crippen LogP contribution in [0.3, 0.4) is 0 Å². The lowest BCUT2D eigenvalue weighted by atomic mass is 9.78. The van der Waals surface area contributed by atoms with Crippen LogP contribution in [0.5, 0.6) is 0 Å². The van der Waals surface area contributed by atoms with Gasteiger partial charge in [-0.3, -0.25) is 20.2 Å². The Morgan fingerprint density at radius 1 is 1.00 bits per heavy atom. The largest absolute Gasteiger partial charge is 0.328 e. The van der Waals surface area contributed by atoms with Gasteiger partial charge in [-0.15, -0.1) is 6.58 Å². The van der Waals surface area contributed by atoms with E-state index in [-0.39, 0.29) is 12.8 Å². The molecule has 0 aromatic rings. The van der Waals surface area contributed by atoms with Gasteiger partial charge in [-0.25, -0.2) is 4.79 Å². The van der Waals surface area contributed by atoms with Crippen molar-refractivity contribution in [3.63, 3.8) is 0 Å². The zero-order valence-electron chi connectivity index (χ0n) is 12.6. The summed E-state index contributed by atoms with van der Waals surface area (Å²) in [6.45, 7) is 5.76. The standard InChI is InChI=1S/C16H24N2O3/c1-3-5-6-7-8-9-10-12-16(11-4-2)13(19)17-15(21)18-14(16)20/h4,9-10H,2-3,5-8,11-12H2,1H3,(H2,17,18,19,20,21)/b10-9+. The van der Waals surface area contributed by atoms with E-state index in [1.54, 1.807) is 0 Å². The lowest BCUT2D eigenvalue weighted by molar-refractivity contribution is -0.144. The SMILES string of the molecule is C=CCC1(C/C=C/CCCCCC)C(=O)NC(=O)NC1=O. The first kappa shape index (κ1) is 17.1. The number of unbranched alkanes of at least 4 members (excludes halogenated alkanes) is 4. The summed E-state index contributed by atoms with van der Waals surface area (Å²) in [6.07, 6.45) is 11.5. The Balaban J connectivity index is 2.62. The number of barbiturate groups is 1. The van der Waals surface area contributed by atoms with Crippen molar-refractivity contribution in [2.45, 2.75) is 51.9 Å². The van der Waals surface area contributed by atoms with Gasteiger partial charge in [-0.05, 0) is 25.7 Å². The summed E-state index contributed by atoms with van der Waals surface area (Å²) in [5.74, 6) is -1.10. The van der Waals surface area contributed by atoms with Crippen LogP contribution in [0.1, 0.15) is 51.9 Å². The third-order valence-corrected chi connectivity index (χ3v) is 3.67. The Bertz CT molecular complexity index is 421. The van der Waals surface area contributed by atoms with E-state index >= 15 is 0 Å². The number of amides is 4. The second kappa shape index (κ2) is 8.39. The van der Waals surface area contributed by atoms with Crippen molar-refractivity contribution in [1.82, 2.24) is 10.6 Å². The zero-order valence-corrected chi connectivity index (χ0v) is 12.6. The Labute approximate surface area is 125 Å². The minimum atomic E-state index is -1.25. The van der Waals surface area contributed by atoms with Gasteiger partial charge in [-0.1, -0.05) is 44.4 Å². The first-order valence-corrected chi connectivity index (χ1v) is 7.49. The van der Waals surface area contributed by atoms with Crippen LogP contribution >= 0.6 is 0 Å². The number of nitrogens with one attached hydrogen (secondary N) is 2. The van der Waals surface area contributed by atoms with Crippen molar-refractivity contribution in [3.05, 3.63) is 24.8 Å². The van der Waals surface area contributed by atoms with E-state index in [0.717, 1.165) is 12.8 Å². The van der Waals surface area contributed by atoms with Crippen molar-refractivity contribution in [2.24, 2.45) is 5.41 Å². The van der Waals surface area contributed by atoms with Gasteiger partial charge in [0.25, 0.3) is 0 Å². The topological polar surface area (TPSA) is 75.3 Å². The zero-order chi connectivity index (χ0) is 15.7. The van der Waals surface area contributed by atoms with Crippen LogP contribution in [0.25, 0.3) is 0 Å². The van der Waals surface area contributed by atoms with Crippen molar-refractivity contribution in [2.75, 3.05) is 0 Å². The highest BCUT2D eigenvalue weighted by Gasteiger charge is 2.48. The van der Waals surface area contributed by atoms with Crippen LogP contribution in [0, 0.1) is 5.41 Å². The maximum Gasteiger partial charge on any atom is 0.328 e. The van der Waals surface area contributed by atoms with E-state index < -0.39 is 23.3 Å². The van der Waals surface area contributed by atoms with Crippen molar-refractivity contribution in [3.8, 4) is 0 Å². The molecule has 0 unspecified atom stereocenters. The number of carbonyl (C=O) groups excluding carboxylic acids is 3. The van der Waals surface area contributed by atoms with E-state index in [1.165, 1.54) is 25.3 Å². The van der Waals surface area contributed by atoms with Crippen LogP contribution < -0.4 is 10.6 Å². The van der Waals surface area contributed by atoms with E-state index in [0.29, 0.717) is 0 Å². The highest BCUT2D eigenvalue weighted by atomic mass is 16.2. The predicted octanol–water partition coefficient (Wildman–Crippen LogP) is 2.83. The maximum absolute atomic E-state index is 12.1. The molecule has 5 nitrogen and oxygen atoms in total. The number of urea groups is 1. The van der Waals surface area contributed by atoms with Gasteiger partial charge >= 0.3 is 6.03 Å². The molecular weight excluding hydrogens is 268 g/mol. The van der Waals surface area contributed by atoms with Gasteiger partial charge in [0.2, 0.25) is 11.8 Å². The molecule has 0 spiro atoms. The number of allylic oxidation sites excluding steroid dienone is 3. The van der Waals surface area contributed by atoms with Gasteiger partial charge in [0.1, 0.15) is 5.41 Å². The first-order chi connectivity index (χ1) is 10.1. The molecule has 5 heteroatoms. The third-order valence-electron chi connectivity index (χ3n) is 3.67. The quantitative estimate of drug-likeness (QED) is 0.390. The van der Waals surface area contributed by atoms with Crippen LogP contribution in [0.2, 0.25) is 0 Å². The Morgan fingerprint density at radius 2 is 1.67 bits per heavy atom. The first-order valence-electron chi connectivity index (χ1n) is 7.49. The number of hydrogen-bond donors (Lipinski definition) is 2. The average molecular weight is 292 g/mol. The maximum atomic E-state index is 12.1. The molecule has 4 amide bonds. The third kappa shape index (κ3) is 4.55. The number of rotatable bonds is 9. The van der Waals surface area contributed by atoms with Crippen molar-refractivity contribution < 1.29 is 14.4 Å². The van der Waals surface area contributed by atoms with Gasteiger partial charge in [0.05, 0.1) is 0 Å². The molecule has 116 valence electrons. The van der Waals surface area contributed by atoms with Crippen LogP contribution in [0.4, 0.5) is 4.79 Å². The lowest BCUT2D eigenvalue weighted by Crippen LogP contribution is -2.62. The molecular formula is C16H24N2O3. The minimum absolute atomic E-state index is 0.206. The normalized spacial score (nSPS) is 17.7. The van der Waals surface area contributed by atoms with Crippen LogP contribution in [-0.4, -0.2) is 17.8 Å². The van der Waals surface area contributed by atoms with Crippen molar-refractivity contribution >= 4 is 17.8 Å². The van der Waals surface area contributed by atoms with Gasteiger partial charge in [-0.2, -0.15) is 0 Å². The predicted molar refractivity (Wildman–Crippen MR) is 81.4 cm³/mol. The molecule has 0 aliphatic carbocycles. The summed E-state index contributed by atoms with van der Waals surface area (Å²) in [4.78, 5) is 35.3. The van der Waals surface area contributed by atoms with Gasteiger partial charge < -0.3 is 0 Å². The summed E-state index contributed by atoms with van der Waals surface area (Å²) in [7, 11) is 0. The van der Waals surface area contributed by atoms with Crippen molar-refractivity contribution in [1.29, 1.82) is 0 Å². The summed E-state index contributed by atoms with van der Waals surface area (Å²) in [5.41, 5.74) is -1.25. The van der Waals surface area contributed by atoms with Gasteiger partial charge in [0.15, 0.2) is 0 Å². The highest BCUT2D eigenvalue weighted by molar-refractivity contribution is 6.19. The molecule has 1 rings (SSSR count). The Morgan fingerprint density at radius 3 is 2.24 bits per heavy atom. The molecule has 0 aromatic heterocycles. The fraction of sp³-hybridized carbons (Fsp3) is 0.562. The Kier molecular flexibility index (Phi) is 6.85. The molecule has 1 aliphatic rings. The highest BCUT2D eigenvalue weighted by Crippen LogP contribution is 2.30. The molecule has 21 heavy (non-hydrogen) atoms. The van der Waals surface area contributed by atoms with E-state index in [2.05, 4.69) is 24.1 Å². The number of carbonyl (C=O) groups is 3. The van der Waals surface area contributed by atoms with Crippen LogP contribution in [-0.2, 0) is 9.59 Å². The van der Waals surface area contributed by atoms with Crippen LogP contribution in [0.15, 0.2) is 24.8 Å². The number of hydrogen-bond acceptors (Lipinski definition) is 3.